The molecule has 1 aliphatic rings. The monoisotopic (exact) mass is 205 g/mol. The second-order valence-corrected chi connectivity index (χ2v) is 7.06. The van der Waals surface area contributed by atoms with Gasteiger partial charge in [0, 0.05) is 23.2 Å². The maximum absolute atomic E-state index is 3.56. The van der Waals surface area contributed by atoms with Crippen LogP contribution >= 0.6 is 0 Å². The number of hydrogen-bond donors (Lipinski definition) is 1. The summed E-state index contributed by atoms with van der Waals surface area (Å²) >= 11 is 0. The first-order valence-electron chi connectivity index (χ1n) is 5.90. The van der Waals surface area contributed by atoms with E-state index < -0.39 is 0 Å². The summed E-state index contributed by atoms with van der Waals surface area (Å²) in [6.45, 7) is 14.1. The molecule has 0 aromatic carbocycles. The first-order valence-corrected chi connectivity index (χ1v) is 5.90. The molecule has 0 radical (unpaired) electrons. The van der Waals surface area contributed by atoms with Crippen LogP contribution < -0.4 is 0 Å². The van der Waals surface area contributed by atoms with E-state index in [1.54, 1.807) is 0 Å². The van der Waals surface area contributed by atoms with Crippen LogP contribution in [0.5, 0.6) is 0 Å². The normalized spacial score (nSPS) is 26.0. The number of H-pyrrole nitrogens is 1. The van der Waals surface area contributed by atoms with Gasteiger partial charge >= 0.3 is 0 Å². The number of rotatable bonds is 0. The van der Waals surface area contributed by atoms with Crippen LogP contribution in [-0.4, -0.2) is 4.98 Å². The average molecular weight is 205 g/mol. The zero-order chi connectivity index (χ0) is 11.4. The van der Waals surface area contributed by atoms with Crippen molar-refractivity contribution in [3.05, 3.63) is 23.5 Å². The number of aromatic nitrogens is 1. The Hall–Kier alpha value is -0.720. The zero-order valence-corrected chi connectivity index (χ0v) is 10.8. The molecular weight excluding hydrogens is 182 g/mol. The quantitative estimate of drug-likeness (QED) is 0.650. The van der Waals surface area contributed by atoms with Gasteiger partial charge in [-0.1, -0.05) is 41.5 Å². The smallest absolute Gasteiger partial charge is 0.0193 e. The van der Waals surface area contributed by atoms with Crippen LogP contribution in [0.1, 0.15) is 64.8 Å². The molecular formula is C14H23N. The van der Waals surface area contributed by atoms with Gasteiger partial charge in [-0.25, -0.2) is 0 Å². The van der Waals surface area contributed by atoms with Crippen molar-refractivity contribution in [1.29, 1.82) is 0 Å². The number of aromatic amines is 1. The molecule has 2 heterocycles. The predicted molar refractivity (Wildman–Crippen MR) is 65.2 cm³/mol. The van der Waals surface area contributed by atoms with Crippen molar-refractivity contribution in [3.63, 3.8) is 0 Å². The molecule has 2 bridgehead atoms. The van der Waals surface area contributed by atoms with Crippen molar-refractivity contribution in [3.8, 4) is 0 Å². The molecule has 1 aromatic heterocycles. The van der Waals surface area contributed by atoms with Crippen molar-refractivity contribution in [2.75, 3.05) is 0 Å². The van der Waals surface area contributed by atoms with Gasteiger partial charge in [0.25, 0.3) is 0 Å². The van der Waals surface area contributed by atoms with Gasteiger partial charge < -0.3 is 4.98 Å². The lowest BCUT2D eigenvalue weighted by molar-refractivity contribution is 0.193. The van der Waals surface area contributed by atoms with Crippen molar-refractivity contribution in [1.82, 2.24) is 4.98 Å². The van der Waals surface area contributed by atoms with E-state index in [-0.39, 0.29) is 0 Å². The molecule has 15 heavy (non-hydrogen) atoms. The Kier molecular flexibility index (Phi) is 2.09. The Labute approximate surface area is 93.3 Å². The van der Waals surface area contributed by atoms with Gasteiger partial charge in [0.1, 0.15) is 0 Å². The zero-order valence-electron chi connectivity index (χ0n) is 10.8. The summed E-state index contributed by atoms with van der Waals surface area (Å²) in [4.78, 5) is 3.56. The molecule has 0 saturated carbocycles. The van der Waals surface area contributed by atoms with Gasteiger partial charge in [-0.15, -0.1) is 0 Å². The van der Waals surface area contributed by atoms with Crippen LogP contribution in [0.4, 0.5) is 0 Å². The number of fused-ring (bicyclic) bond motifs is 2. The summed E-state index contributed by atoms with van der Waals surface area (Å²) in [5.74, 6) is 1.30. The van der Waals surface area contributed by atoms with Crippen LogP contribution in [0, 0.1) is 10.8 Å². The summed E-state index contributed by atoms with van der Waals surface area (Å²) in [5, 5.41) is 0. The van der Waals surface area contributed by atoms with Gasteiger partial charge in [0.2, 0.25) is 0 Å². The van der Waals surface area contributed by atoms with E-state index in [1.165, 1.54) is 11.4 Å². The van der Waals surface area contributed by atoms with E-state index in [0.717, 1.165) is 0 Å². The van der Waals surface area contributed by atoms with Crippen LogP contribution in [0.25, 0.3) is 0 Å². The van der Waals surface area contributed by atoms with Crippen LogP contribution in [0.2, 0.25) is 0 Å². The number of hydrogen-bond acceptors (Lipinski definition) is 0. The molecule has 1 heteroatoms. The molecule has 2 rings (SSSR count). The first kappa shape index (κ1) is 10.8. The molecule has 1 aliphatic heterocycles. The van der Waals surface area contributed by atoms with Crippen molar-refractivity contribution >= 4 is 0 Å². The van der Waals surface area contributed by atoms with E-state index in [0.29, 0.717) is 22.7 Å². The summed E-state index contributed by atoms with van der Waals surface area (Å²) < 4.78 is 0. The lowest BCUT2D eigenvalue weighted by Gasteiger charge is -2.40. The minimum atomic E-state index is 0.340. The molecule has 0 saturated heterocycles. The fourth-order valence-electron chi connectivity index (χ4n) is 3.08. The Morgan fingerprint density at radius 3 is 1.40 bits per heavy atom. The molecule has 2 atom stereocenters. The van der Waals surface area contributed by atoms with Gasteiger partial charge in [-0.3, -0.25) is 0 Å². The summed E-state index contributed by atoms with van der Waals surface area (Å²) in [6.07, 6.45) is 0. The van der Waals surface area contributed by atoms with Crippen molar-refractivity contribution < 1.29 is 0 Å². The summed E-state index contributed by atoms with van der Waals surface area (Å²) in [7, 11) is 0. The van der Waals surface area contributed by atoms with E-state index in [2.05, 4.69) is 58.7 Å². The van der Waals surface area contributed by atoms with Gasteiger partial charge in [-0.05, 0) is 23.0 Å². The third-order valence-electron chi connectivity index (χ3n) is 3.60. The van der Waals surface area contributed by atoms with E-state index in [1.807, 2.05) is 0 Å². The molecule has 2 unspecified atom stereocenters. The maximum Gasteiger partial charge on any atom is 0.0193 e. The fourth-order valence-corrected chi connectivity index (χ4v) is 3.08. The standard InChI is InChI=1S/C14H23N/c1-13(2,3)11-9-7-8-10(15-9)12(11)14(4,5)6/h7-8,11-12,15H,1-6H3. The largest absolute Gasteiger partial charge is 0.362 e. The van der Waals surface area contributed by atoms with Crippen molar-refractivity contribution in [2.45, 2.75) is 53.4 Å². The Balaban J connectivity index is 2.43. The highest BCUT2D eigenvalue weighted by molar-refractivity contribution is 5.34. The SMILES string of the molecule is CC(C)(C)C1c2ccc([nH]2)C1C(C)(C)C. The lowest BCUT2D eigenvalue weighted by Crippen LogP contribution is -2.30. The van der Waals surface area contributed by atoms with Crippen molar-refractivity contribution in [2.24, 2.45) is 10.8 Å². The van der Waals surface area contributed by atoms with Gasteiger partial charge in [0.05, 0.1) is 0 Å². The van der Waals surface area contributed by atoms with E-state index in [9.17, 15) is 0 Å². The molecule has 0 amide bonds. The van der Waals surface area contributed by atoms with Crippen LogP contribution in [-0.2, 0) is 0 Å². The highest BCUT2D eigenvalue weighted by atomic mass is 14.8. The highest BCUT2D eigenvalue weighted by Crippen LogP contribution is 2.56. The minimum absolute atomic E-state index is 0.340. The third-order valence-corrected chi connectivity index (χ3v) is 3.60. The second kappa shape index (κ2) is 2.90. The Bertz CT molecular complexity index is 325. The second-order valence-electron chi connectivity index (χ2n) is 7.06. The minimum Gasteiger partial charge on any atom is -0.362 e. The Morgan fingerprint density at radius 2 is 1.13 bits per heavy atom. The molecule has 1 N–H and O–H groups in total. The first-order chi connectivity index (χ1) is 6.71. The molecule has 1 aromatic rings. The third kappa shape index (κ3) is 1.62. The van der Waals surface area contributed by atoms with Crippen LogP contribution in [0.15, 0.2) is 12.1 Å². The molecule has 0 aliphatic carbocycles. The van der Waals surface area contributed by atoms with E-state index in [4.69, 9.17) is 0 Å². The molecule has 1 nitrogen and oxygen atoms in total. The maximum atomic E-state index is 3.56. The summed E-state index contributed by atoms with van der Waals surface area (Å²) in [6, 6.07) is 4.51. The van der Waals surface area contributed by atoms with E-state index >= 15 is 0 Å². The lowest BCUT2D eigenvalue weighted by atomic mass is 9.62. The topological polar surface area (TPSA) is 15.8 Å². The van der Waals surface area contributed by atoms with Crippen LogP contribution in [0.3, 0.4) is 0 Å². The summed E-state index contributed by atoms with van der Waals surface area (Å²) in [5.41, 5.74) is 3.54. The van der Waals surface area contributed by atoms with Gasteiger partial charge in [-0.2, -0.15) is 0 Å². The molecule has 0 spiro atoms. The average Bonchev–Trinajstić information content (AvgIpc) is 2.56. The Morgan fingerprint density at radius 1 is 0.800 bits per heavy atom. The highest BCUT2D eigenvalue weighted by Gasteiger charge is 2.45. The molecule has 84 valence electrons. The van der Waals surface area contributed by atoms with Gasteiger partial charge in [0.15, 0.2) is 0 Å². The predicted octanol–water partition coefficient (Wildman–Crippen LogP) is 4.29. The molecule has 0 fully saturated rings. The number of nitrogens with one attached hydrogen (secondary N) is 1. The fraction of sp³-hybridized carbons (Fsp3) is 0.714.